The van der Waals surface area contributed by atoms with Crippen LogP contribution in [0.15, 0.2) is 26.7 Å². The molecule has 0 aliphatic carbocycles. The lowest BCUT2D eigenvalue weighted by atomic mass is 10.0. The Morgan fingerprint density at radius 1 is 1.23 bits per heavy atom. The molecule has 22 heavy (non-hydrogen) atoms. The fraction of sp³-hybridized carbons (Fsp3) is 0.312. The van der Waals surface area contributed by atoms with Gasteiger partial charge in [-0.15, -0.1) is 0 Å². The summed E-state index contributed by atoms with van der Waals surface area (Å²) in [6.07, 6.45) is 1.28. The van der Waals surface area contributed by atoms with Gasteiger partial charge in [-0.05, 0) is 38.8 Å². The summed E-state index contributed by atoms with van der Waals surface area (Å²) in [7, 11) is 0. The molecule has 6 heteroatoms. The van der Waals surface area contributed by atoms with Crippen molar-refractivity contribution in [2.75, 3.05) is 6.54 Å². The van der Waals surface area contributed by atoms with Crippen LogP contribution in [0.4, 0.5) is 0 Å². The summed E-state index contributed by atoms with van der Waals surface area (Å²) in [4.78, 5) is 30.2. The van der Waals surface area contributed by atoms with Crippen LogP contribution in [0.25, 0.3) is 5.69 Å². The highest BCUT2D eigenvalue weighted by Crippen LogP contribution is 2.23. The first-order valence-electron chi connectivity index (χ1n) is 7.03. The molecule has 2 N–H and O–H groups in total. The van der Waals surface area contributed by atoms with Crippen LogP contribution in [0, 0.1) is 20.8 Å². The second kappa shape index (κ2) is 6.01. The fourth-order valence-electron chi connectivity index (χ4n) is 2.57. The molecule has 0 amide bonds. The Balaban J connectivity index is 2.85. The normalized spacial score (nSPS) is 11.3. The highest BCUT2D eigenvalue weighted by Gasteiger charge is 2.17. The summed E-state index contributed by atoms with van der Waals surface area (Å²) in [5, 5.41) is 10.4. The van der Waals surface area contributed by atoms with Crippen molar-refractivity contribution in [3.05, 3.63) is 55.2 Å². The predicted octanol–water partition coefficient (Wildman–Crippen LogP) is 1.60. The molecule has 1 aromatic heterocycles. The number of aryl methyl sites for hydroxylation is 3. The second-order valence-electron chi connectivity index (χ2n) is 5.21. The van der Waals surface area contributed by atoms with Crippen LogP contribution in [0.3, 0.4) is 0 Å². The second-order valence-corrected chi connectivity index (χ2v) is 5.21. The number of rotatable bonds is 3. The number of aromatic hydroxyl groups is 1. The minimum atomic E-state index is -0.675. The van der Waals surface area contributed by atoms with Crippen LogP contribution < -0.4 is 11.2 Å². The van der Waals surface area contributed by atoms with E-state index in [9.17, 15) is 14.7 Å². The van der Waals surface area contributed by atoms with Crippen LogP contribution in [0.5, 0.6) is 5.88 Å². The van der Waals surface area contributed by atoms with E-state index in [1.165, 1.54) is 6.21 Å². The standard InChI is InChI=1S/C16H19N3O3/c1-5-17-8-12-14(20)18-16(22)19(15(12)21)13-10(3)6-9(2)7-11(13)4/h6-8,21H,5H2,1-4H3,(H,18,20,22). The van der Waals surface area contributed by atoms with Crippen LogP contribution in [0.2, 0.25) is 0 Å². The van der Waals surface area contributed by atoms with Gasteiger partial charge in [0.15, 0.2) is 0 Å². The molecule has 0 unspecified atom stereocenters. The first-order valence-corrected chi connectivity index (χ1v) is 7.03. The lowest BCUT2D eigenvalue weighted by molar-refractivity contribution is 0.429. The number of aromatic amines is 1. The van der Waals surface area contributed by atoms with Crippen molar-refractivity contribution >= 4 is 6.21 Å². The summed E-state index contributed by atoms with van der Waals surface area (Å²) in [6.45, 7) is 7.95. The van der Waals surface area contributed by atoms with Gasteiger partial charge in [0.05, 0.1) is 5.69 Å². The highest BCUT2D eigenvalue weighted by atomic mass is 16.3. The molecule has 0 radical (unpaired) electrons. The van der Waals surface area contributed by atoms with E-state index in [1.807, 2.05) is 39.8 Å². The molecule has 0 aliphatic rings. The fourth-order valence-corrected chi connectivity index (χ4v) is 2.57. The van der Waals surface area contributed by atoms with Gasteiger partial charge in [0, 0.05) is 12.8 Å². The Labute approximate surface area is 127 Å². The summed E-state index contributed by atoms with van der Waals surface area (Å²) >= 11 is 0. The van der Waals surface area contributed by atoms with E-state index >= 15 is 0 Å². The molecule has 1 aromatic carbocycles. The Hall–Kier alpha value is -2.63. The van der Waals surface area contributed by atoms with E-state index < -0.39 is 17.1 Å². The van der Waals surface area contributed by atoms with Crippen LogP contribution in [0.1, 0.15) is 29.2 Å². The van der Waals surface area contributed by atoms with Crippen LogP contribution in [-0.4, -0.2) is 27.4 Å². The van der Waals surface area contributed by atoms with Gasteiger partial charge in [0.1, 0.15) is 5.56 Å². The van der Waals surface area contributed by atoms with Crippen LogP contribution >= 0.6 is 0 Å². The van der Waals surface area contributed by atoms with Gasteiger partial charge in [-0.1, -0.05) is 17.7 Å². The molecule has 0 bridgehead atoms. The molecular weight excluding hydrogens is 282 g/mol. The molecule has 0 saturated carbocycles. The maximum absolute atomic E-state index is 12.2. The van der Waals surface area contributed by atoms with Gasteiger partial charge in [-0.3, -0.25) is 14.8 Å². The molecule has 0 atom stereocenters. The SMILES string of the molecule is CCN=Cc1c(O)n(-c2c(C)cc(C)cc2C)c(=O)[nH]c1=O. The zero-order valence-corrected chi connectivity index (χ0v) is 13.1. The molecule has 116 valence electrons. The summed E-state index contributed by atoms with van der Waals surface area (Å²) in [5.41, 5.74) is 1.94. The van der Waals surface area contributed by atoms with E-state index in [-0.39, 0.29) is 5.56 Å². The number of nitrogens with zero attached hydrogens (tertiary/aromatic N) is 2. The average molecular weight is 301 g/mol. The molecule has 0 aliphatic heterocycles. The highest BCUT2D eigenvalue weighted by molar-refractivity contribution is 5.82. The first-order chi connectivity index (χ1) is 10.4. The maximum Gasteiger partial charge on any atom is 0.335 e. The van der Waals surface area contributed by atoms with E-state index in [1.54, 1.807) is 0 Å². The van der Waals surface area contributed by atoms with E-state index in [4.69, 9.17) is 0 Å². The zero-order chi connectivity index (χ0) is 16.4. The van der Waals surface area contributed by atoms with Gasteiger partial charge in [-0.2, -0.15) is 0 Å². The number of H-pyrrole nitrogens is 1. The Bertz CT molecular complexity index is 837. The Kier molecular flexibility index (Phi) is 4.30. The van der Waals surface area contributed by atoms with Crippen LogP contribution in [-0.2, 0) is 0 Å². The lowest BCUT2D eigenvalue weighted by Crippen LogP contribution is -2.32. The largest absolute Gasteiger partial charge is 0.493 e. The minimum absolute atomic E-state index is 0.0270. The quantitative estimate of drug-likeness (QED) is 0.844. The number of hydrogen-bond donors (Lipinski definition) is 2. The molecule has 6 nitrogen and oxygen atoms in total. The molecule has 0 spiro atoms. The van der Waals surface area contributed by atoms with Crippen molar-refractivity contribution in [1.82, 2.24) is 9.55 Å². The molecular formula is C16H19N3O3. The Morgan fingerprint density at radius 3 is 2.36 bits per heavy atom. The Morgan fingerprint density at radius 2 is 1.82 bits per heavy atom. The van der Waals surface area contributed by atoms with Gasteiger partial charge in [0.25, 0.3) is 5.56 Å². The van der Waals surface area contributed by atoms with Gasteiger partial charge >= 0.3 is 5.69 Å². The third-order valence-corrected chi connectivity index (χ3v) is 3.38. The number of aromatic nitrogens is 2. The number of nitrogens with one attached hydrogen (secondary N) is 1. The van der Waals surface area contributed by atoms with Crippen molar-refractivity contribution in [3.8, 4) is 11.6 Å². The third kappa shape index (κ3) is 2.72. The molecule has 0 saturated heterocycles. The van der Waals surface area contributed by atoms with Crippen molar-refractivity contribution in [1.29, 1.82) is 0 Å². The van der Waals surface area contributed by atoms with E-state index in [0.29, 0.717) is 12.2 Å². The van der Waals surface area contributed by atoms with Crippen molar-refractivity contribution < 1.29 is 5.11 Å². The third-order valence-electron chi connectivity index (χ3n) is 3.38. The van der Waals surface area contributed by atoms with Crippen molar-refractivity contribution in [2.45, 2.75) is 27.7 Å². The van der Waals surface area contributed by atoms with Gasteiger partial charge < -0.3 is 5.11 Å². The van der Waals surface area contributed by atoms with Crippen molar-refractivity contribution in [3.63, 3.8) is 0 Å². The smallest absolute Gasteiger partial charge is 0.335 e. The lowest BCUT2D eigenvalue weighted by Gasteiger charge is -2.15. The maximum atomic E-state index is 12.2. The summed E-state index contributed by atoms with van der Waals surface area (Å²) in [5.74, 6) is -0.402. The van der Waals surface area contributed by atoms with Gasteiger partial charge in [-0.25, -0.2) is 9.36 Å². The summed E-state index contributed by atoms with van der Waals surface area (Å²) in [6, 6.07) is 3.83. The first kappa shape index (κ1) is 15.8. The zero-order valence-electron chi connectivity index (χ0n) is 13.1. The summed E-state index contributed by atoms with van der Waals surface area (Å²) < 4.78 is 1.11. The van der Waals surface area contributed by atoms with E-state index in [0.717, 1.165) is 21.3 Å². The molecule has 2 rings (SSSR count). The monoisotopic (exact) mass is 301 g/mol. The topological polar surface area (TPSA) is 87.4 Å². The average Bonchev–Trinajstić information content (AvgIpc) is 2.41. The number of benzene rings is 1. The van der Waals surface area contributed by atoms with E-state index in [2.05, 4.69) is 9.98 Å². The number of hydrogen-bond acceptors (Lipinski definition) is 4. The number of aliphatic imine (C=N–C) groups is 1. The molecule has 1 heterocycles. The van der Waals surface area contributed by atoms with Gasteiger partial charge in [0.2, 0.25) is 5.88 Å². The van der Waals surface area contributed by atoms with Crippen molar-refractivity contribution in [2.24, 2.45) is 4.99 Å². The molecule has 2 aromatic rings. The predicted molar refractivity (Wildman–Crippen MR) is 86.7 cm³/mol. The minimum Gasteiger partial charge on any atom is -0.493 e. The molecule has 0 fully saturated rings.